The lowest BCUT2D eigenvalue weighted by molar-refractivity contribution is 1.27. The van der Waals surface area contributed by atoms with E-state index in [4.69, 9.17) is 0 Å². The summed E-state index contributed by atoms with van der Waals surface area (Å²) < 4.78 is 0.755. The molecule has 1 nitrogen and oxygen atoms in total. The largest absolute Gasteiger partial charge is 0.241 e. The number of allylic oxidation sites excluding steroid dienone is 2. The minimum atomic E-state index is 0.755. The maximum atomic E-state index is 4.51. The first-order valence-electron chi connectivity index (χ1n) is 5.60. The maximum absolute atomic E-state index is 4.51. The molecular weight excluding hydrogens is 274 g/mol. The molecule has 0 aliphatic rings. The second kappa shape index (κ2) is 5.97. The van der Waals surface area contributed by atoms with Gasteiger partial charge >= 0.3 is 0 Å². The van der Waals surface area contributed by atoms with Gasteiger partial charge in [0.25, 0.3) is 0 Å². The molecule has 1 aromatic rings. The number of benzene rings is 1. The van der Waals surface area contributed by atoms with E-state index in [-0.39, 0.29) is 0 Å². The Morgan fingerprint density at radius 1 is 1.24 bits per heavy atom. The van der Waals surface area contributed by atoms with Gasteiger partial charge < -0.3 is 0 Å². The van der Waals surface area contributed by atoms with Crippen molar-refractivity contribution in [2.24, 2.45) is 4.99 Å². The summed E-state index contributed by atoms with van der Waals surface area (Å²) in [5.74, 6) is 0. The number of halogens is 1. The molecule has 17 heavy (non-hydrogen) atoms. The highest BCUT2D eigenvalue weighted by Gasteiger charge is 2.08. The summed E-state index contributed by atoms with van der Waals surface area (Å²) in [7, 11) is 0. The van der Waals surface area contributed by atoms with E-state index in [9.17, 15) is 0 Å². The molecule has 0 spiro atoms. The van der Waals surface area contributed by atoms with Gasteiger partial charge in [-0.1, -0.05) is 30.4 Å². The van der Waals surface area contributed by atoms with Crippen LogP contribution in [0.2, 0.25) is 0 Å². The molecule has 0 radical (unpaired) electrons. The van der Waals surface area contributed by atoms with Crippen LogP contribution in [-0.2, 0) is 0 Å². The van der Waals surface area contributed by atoms with Crippen LogP contribution >= 0.6 is 15.9 Å². The number of rotatable bonds is 3. The Labute approximate surface area is 112 Å². The van der Waals surface area contributed by atoms with Crippen molar-refractivity contribution in [3.63, 3.8) is 0 Å². The Balaban J connectivity index is 3.37. The van der Waals surface area contributed by atoms with Crippen molar-refractivity contribution in [1.29, 1.82) is 0 Å². The Morgan fingerprint density at radius 3 is 2.18 bits per heavy atom. The second-order valence-electron chi connectivity index (χ2n) is 4.09. The zero-order valence-electron chi connectivity index (χ0n) is 10.8. The van der Waals surface area contributed by atoms with Gasteiger partial charge in [0.05, 0.1) is 5.70 Å². The number of aryl methyl sites for hydroxylation is 3. The van der Waals surface area contributed by atoms with Crippen LogP contribution in [0.4, 0.5) is 0 Å². The van der Waals surface area contributed by atoms with E-state index in [1.165, 1.54) is 22.3 Å². The van der Waals surface area contributed by atoms with Crippen molar-refractivity contribution in [3.05, 3.63) is 53.1 Å². The van der Waals surface area contributed by atoms with Gasteiger partial charge in [-0.25, -0.2) is 4.99 Å². The third-order valence-electron chi connectivity index (χ3n) is 2.60. The van der Waals surface area contributed by atoms with Gasteiger partial charge in [0.2, 0.25) is 0 Å². The maximum Gasteiger partial charge on any atom is 0.106 e. The quantitative estimate of drug-likeness (QED) is 0.699. The zero-order valence-corrected chi connectivity index (χ0v) is 12.4. The summed E-state index contributed by atoms with van der Waals surface area (Å²) >= 11 is 3.37. The van der Waals surface area contributed by atoms with Crippen molar-refractivity contribution in [3.8, 4) is 0 Å². The lowest BCUT2D eigenvalue weighted by Crippen LogP contribution is -1.94. The van der Waals surface area contributed by atoms with Crippen LogP contribution in [0.25, 0.3) is 5.70 Å². The molecule has 0 amide bonds. The van der Waals surface area contributed by atoms with Crippen molar-refractivity contribution in [2.45, 2.75) is 27.7 Å². The third-order valence-corrected chi connectivity index (χ3v) is 3.10. The van der Waals surface area contributed by atoms with E-state index in [2.05, 4.69) is 60.4 Å². The summed E-state index contributed by atoms with van der Waals surface area (Å²) in [6, 6.07) is 4.37. The molecule has 0 atom stereocenters. The van der Waals surface area contributed by atoms with Crippen LogP contribution in [0.5, 0.6) is 0 Å². The van der Waals surface area contributed by atoms with Crippen LogP contribution in [-0.4, -0.2) is 4.62 Å². The van der Waals surface area contributed by atoms with Crippen molar-refractivity contribution >= 4 is 26.2 Å². The Morgan fingerprint density at radius 2 is 1.76 bits per heavy atom. The van der Waals surface area contributed by atoms with Gasteiger partial charge in [-0.15, -0.1) is 0 Å². The Bertz CT molecular complexity index is 473. The minimum Gasteiger partial charge on any atom is -0.241 e. The van der Waals surface area contributed by atoms with E-state index in [1.807, 2.05) is 13.0 Å². The van der Waals surface area contributed by atoms with Gasteiger partial charge in [0.1, 0.15) is 4.62 Å². The highest BCUT2D eigenvalue weighted by molar-refractivity contribution is 9.18. The van der Waals surface area contributed by atoms with Gasteiger partial charge in [0.15, 0.2) is 0 Å². The normalized spacial score (nSPS) is 12.8. The molecule has 0 aliphatic heterocycles. The number of nitrogens with zero attached hydrogens (tertiary/aromatic N) is 1. The summed E-state index contributed by atoms with van der Waals surface area (Å²) in [5.41, 5.74) is 5.97. The standard InChI is InChI=1S/C15H18BrN/c1-6-13(17-14(16)7-2)15-11(4)8-10(3)9-12(15)5/h6-9H,2H2,1,3-5H3/b13-6-,17-14+. The molecule has 0 N–H and O–H groups in total. The molecule has 2 heteroatoms. The molecule has 0 saturated heterocycles. The topological polar surface area (TPSA) is 12.4 Å². The molecule has 0 bridgehead atoms. The van der Waals surface area contributed by atoms with Crippen molar-refractivity contribution in [1.82, 2.24) is 0 Å². The first-order chi connectivity index (χ1) is 7.99. The molecule has 0 aliphatic carbocycles. The molecule has 1 rings (SSSR count). The van der Waals surface area contributed by atoms with Gasteiger partial charge in [-0.05, 0) is 60.8 Å². The average Bonchev–Trinajstić information content (AvgIpc) is 2.25. The fraction of sp³-hybridized carbons (Fsp3) is 0.267. The second-order valence-corrected chi connectivity index (χ2v) is 4.90. The third kappa shape index (κ3) is 3.40. The Hall–Kier alpha value is -1.15. The van der Waals surface area contributed by atoms with Gasteiger partial charge in [0, 0.05) is 5.56 Å². The lowest BCUT2D eigenvalue weighted by Gasteiger charge is -2.11. The molecule has 0 unspecified atom stereocenters. The molecule has 0 heterocycles. The lowest BCUT2D eigenvalue weighted by atomic mass is 9.97. The van der Waals surface area contributed by atoms with Crippen LogP contribution < -0.4 is 0 Å². The number of hydrogen-bond acceptors (Lipinski definition) is 1. The SMILES string of the molecule is C=C/C(Br)=N\C(=C/C)c1c(C)cc(C)cc1C. The molecular formula is C15H18BrN. The number of hydrogen-bond donors (Lipinski definition) is 0. The van der Waals surface area contributed by atoms with Gasteiger partial charge in [-0.2, -0.15) is 0 Å². The van der Waals surface area contributed by atoms with E-state index in [0.29, 0.717) is 0 Å². The van der Waals surface area contributed by atoms with Gasteiger partial charge in [-0.3, -0.25) is 0 Å². The molecule has 1 aromatic carbocycles. The smallest absolute Gasteiger partial charge is 0.106 e. The van der Waals surface area contributed by atoms with Crippen molar-refractivity contribution in [2.75, 3.05) is 0 Å². The predicted octanol–water partition coefficient (Wildman–Crippen LogP) is 4.95. The zero-order chi connectivity index (χ0) is 13.0. The summed E-state index contributed by atoms with van der Waals surface area (Å²) in [4.78, 5) is 4.51. The van der Waals surface area contributed by atoms with Crippen molar-refractivity contribution < 1.29 is 0 Å². The summed E-state index contributed by atoms with van der Waals surface area (Å²) in [6.07, 6.45) is 3.72. The molecule has 0 aromatic heterocycles. The first kappa shape index (κ1) is 13.9. The monoisotopic (exact) mass is 291 g/mol. The summed E-state index contributed by atoms with van der Waals surface area (Å²) in [6.45, 7) is 12.1. The average molecular weight is 292 g/mol. The molecule has 0 fully saturated rings. The molecule has 90 valence electrons. The van der Waals surface area contributed by atoms with Crippen LogP contribution in [0, 0.1) is 20.8 Å². The van der Waals surface area contributed by atoms with E-state index in [0.717, 1.165) is 10.3 Å². The Kier molecular flexibility index (Phi) is 4.88. The highest BCUT2D eigenvalue weighted by Crippen LogP contribution is 2.26. The fourth-order valence-corrected chi connectivity index (χ4v) is 2.20. The number of aliphatic imine (C=N–C) groups is 1. The fourth-order valence-electron chi connectivity index (χ4n) is 2.01. The van der Waals surface area contributed by atoms with Crippen LogP contribution in [0.1, 0.15) is 29.2 Å². The predicted molar refractivity (Wildman–Crippen MR) is 80.9 cm³/mol. The minimum absolute atomic E-state index is 0.755. The van der Waals surface area contributed by atoms with E-state index >= 15 is 0 Å². The first-order valence-corrected chi connectivity index (χ1v) is 6.40. The highest BCUT2D eigenvalue weighted by atomic mass is 79.9. The van der Waals surface area contributed by atoms with E-state index in [1.54, 1.807) is 6.08 Å². The summed E-state index contributed by atoms with van der Waals surface area (Å²) in [5, 5.41) is 0. The molecule has 0 saturated carbocycles. The van der Waals surface area contributed by atoms with E-state index < -0.39 is 0 Å². The van der Waals surface area contributed by atoms with Crippen LogP contribution in [0.3, 0.4) is 0 Å². The van der Waals surface area contributed by atoms with Crippen LogP contribution in [0.15, 0.2) is 35.9 Å².